The van der Waals surface area contributed by atoms with E-state index < -0.39 is 0 Å². The van der Waals surface area contributed by atoms with Crippen molar-refractivity contribution >= 4 is 5.91 Å². The highest BCUT2D eigenvalue weighted by Crippen LogP contribution is 2.10. The molecule has 0 atom stereocenters. The lowest BCUT2D eigenvalue weighted by atomic mass is 10.1. The van der Waals surface area contributed by atoms with Crippen molar-refractivity contribution < 1.29 is 9.21 Å². The van der Waals surface area contributed by atoms with Crippen LogP contribution in [0.4, 0.5) is 0 Å². The molecule has 1 amide bonds. The lowest BCUT2D eigenvalue weighted by Crippen LogP contribution is -2.25. The molecule has 0 radical (unpaired) electrons. The van der Waals surface area contributed by atoms with Crippen LogP contribution in [-0.4, -0.2) is 17.4 Å². The van der Waals surface area contributed by atoms with Crippen LogP contribution in [0.15, 0.2) is 28.7 Å². The molecule has 1 N–H and O–H groups in total. The zero-order valence-electron chi connectivity index (χ0n) is 13.6. The number of aryl methyl sites for hydroxylation is 4. The first kappa shape index (κ1) is 16.3. The molecule has 0 spiro atoms. The molecule has 1 aromatic heterocycles. The molecule has 0 aliphatic carbocycles. The monoisotopic (exact) mass is 300 g/mol. The van der Waals surface area contributed by atoms with Crippen LogP contribution < -0.4 is 5.32 Å². The summed E-state index contributed by atoms with van der Waals surface area (Å²) in [5, 5.41) is 2.93. The summed E-state index contributed by atoms with van der Waals surface area (Å²) >= 11 is 0. The topological polar surface area (TPSA) is 55.1 Å². The van der Waals surface area contributed by atoms with Gasteiger partial charge in [-0.2, -0.15) is 0 Å². The van der Waals surface area contributed by atoms with Crippen molar-refractivity contribution in [3.63, 3.8) is 0 Å². The van der Waals surface area contributed by atoms with Crippen LogP contribution in [0.5, 0.6) is 0 Å². The van der Waals surface area contributed by atoms with Crippen LogP contribution in [0.1, 0.15) is 41.8 Å². The molecule has 118 valence electrons. The molecule has 0 aliphatic rings. The number of nitrogens with zero attached hydrogens (tertiary/aromatic N) is 1. The van der Waals surface area contributed by atoms with Gasteiger partial charge in [-0.05, 0) is 30.9 Å². The van der Waals surface area contributed by atoms with Gasteiger partial charge in [0, 0.05) is 26.3 Å². The molecule has 22 heavy (non-hydrogen) atoms. The number of aromatic nitrogens is 1. The second-order valence-corrected chi connectivity index (χ2v) is 5.51. The van der Waals surface area contributed by atoms with Crippen LogP contribution in [-0.2, 0) is 24.1 Å². The van der Waals surface area contributed by atoms with E-state index in [0.717, 1.165) is 24.3 Å². The minimum absolute atomic E-state index is 0.0773. The molecule has 0 saturated heterocycles. The summed E-state index contributed by atoms with van der Waals surface area (Å²) in [5.74, 6) is 1.61. The summed E-state index contributed by atoms with van der Waals surface area (Å²) in [5.41, 5.74) is 3.43. The van der Waals surface area contributed by atoms with E-state index in [1.807, 2.05) is 13.8 Å². The molecule has 4 nitrogen and oxygen atoms in total. The molecular formula is C18H24N2O2. The number of carbonyl (C=O) groups is 1. The molecule has 0 fully saturated rings. The second-order valence-electron chi connectivity index (χ2n) is 5.51. The van der Waals surface area contributed by atoms with E-state index in [0.29, 0.717) is 25.3 Å². The van der Waals surface area contributed by atoms with Crippen molar-refractivity contribution in [3.05, 3.63) is 52.7 Å². The maximum atomic E-state index is 11.9. The molecular weight excluding hydrogens is 276 g/mol. The third kappa shape index (κ3) is 4.72. The van der Waals surface area contributed by atoms with Gasteiger partial charge >= 0.3 is 0 Å². The summed E-state index contributed by atoms with van der Waals surface area (Å²) in [4.78, 5) is 16.1. The number of rotatable bonds is 7. The van der Waals surface area contributed by atoms with E-state index in [9.17, 15) is 4.79 Å². The lowest BCUT2D eigenvalue weighted by molar-refractivity contribution is -0.121. The number of hydrogen-bond acceptors (Lipinski definition) is 3. The third-order valence-electron chi connectivity index (χ3n) is 3.75. The molecule has 0 bridgehead atoms. The van der Waals surface area contributed by atoms with Crippen LogP contribution in [0, 0.1) is 13.8 Å². The second kappa shape index (κ2) is 7.78. The van der Waals surface area contributed by atoms with Gasteiger partial charge in [0.2, 0.25) is 5.91 Å². The predicted molar refractivity (Wildman–Crippen MR) is 86.8 cm³/mol. The largest absolute Gasteiger partial charge is 0.446 e. The average Bonchev–Trinajstić information content (AvgIpc) is 2.83. The molecule has 4 heteroatoms. The van der Waals surface area contributed by atoms with E-state index in [2.05, 4.69) is 41.5 Å². The van der Waals surface area contributed by atoms with Crippen LogP contribution in [0.2, 0.25) is 0 Å². The first-order chi connectivity index (χ1) is 10.6. The minimum atomic E-state index is 0.0773. The smallest absolute Gasteiger partial charge is 0.220 e. The summed E-state index contributed by atoms with van der Waals surface area (Å²) < 4.78 is 5.48. The Morgan fingerprint density at radius 3 is 2.41 bits per heavy atom. The van der Waals surface area contributed by atoms with E-state index >= 15 is 0 Å². The molecule has 0 unspecified atom stereocenters. The fourth-order valence-electron chi connectivity index (χ4n) is 2.41. The Hall–Kier alpha value is -2.10. The molecule has 0 aliphatic heterocycles. The predicted octanol–water partition coefficient (Wildman–Crippen LogP) is 3.15. The van der Waals surface area contributed by atoms with Gasteiger partial charge in [0.05, 0.1) is 5.69 Å². The molecule has 2 rings (SSSR count). The van der Waals surface area contributed by atoms with Crippen molar-refractivity contribution in [1.82, 2.24) is 10.3 Å². The van der Waals surface area contributed by atoms with Crippen molar-refractivity contribution in [2.75, 3.05) is 6.54 Å². The number of nitrogens with one attached hydrogen (secondary N) is 1. The van der Waals surface area contributed by atoms with Gasteiger partial charge in [0.25, 0.3) is 0 Å². The number of hydrogen-bond donors (Lipinski definition) is 1. The van der Waals surface area contributed by atoms with Gasteiger partial charge in [-0.25, -0.2) is 4.98 Å². The van der Waals surface area contributed by atoms with Crippen molar-refractivity contribution in [2.24, 2.45) is 0 Å². The Labute approximate surface area is 131 Å². The fraction of sp³-hybridized carbons (Fsp3) is 0.444. The van der Waals surface area contributed by atoms with E-state index in [1.54, 1.807) is 0 Å². The average molecular weight is 300 g/mol. The normalized spacial score (nSPS) is 10.7. The van der Waals surface area contributed by atoms with Gasteiger partial charge < -0.3 is 9.73 Å². The zero-order valence-corrected chi connectivity index (χ0v) is 13.6. The zero-order chi connectivity index (χ0) is 15.9. The van der Waals surface area contributed by atoms with E-state index in [1.165, 1.54) is 11.1 Å². The quantitative estimate of drug-likeness (QED) is 0.854. The third-order valence-corrected chi connectivity index (χ3v) is 3.75. The number of carbonyl (C=O) groups excluding carboxylic acids is 1. The summed E-state index contributed by atoms with van der Waals surface area (Å²) in [6, 6.07) is 8.46. The molecule has 1 heterocycles. The van der Waals surface area contributed by atoms with Crippen LogP contribution in [0.25, 0.3) is 0 Å². The summed E-state index contributed by atoms with van der Waals surface area (Å²) in [6.07, 6.45) is 3.01. The highest BCUT2D eigenvalue weighted by atomic mass is 16.4. The standard InChI is InChI=1S/C18H24N2O2/c1-4-15-5-7-16(8-6-15)9-10-18(21)19-12-11-17-13(2)20-14(3)22-17/h5-8H,4,9-12H2,1-3H3,(H,19,21). The molecule has 0 saturated carbocycles. The fourth-order valence-corrected chi connectivity index (χ4v) is 2.41. The Kier molecular flexibility index (Phi) is 5.75. The van der Waals surface area contributed by atoms with Crippen molar-refractivity contribution in [3.8, 4) is 0 Å². The maximum absolute atomic E-state index is 11.9. The molecule has 2 aromatic rings. The van der Waals surface area contributed by atoms with Gasteiger partial charge in [-0.15, -0.1) is 0 Å². The van der Waals surface area contributed by atoms with Crippen LogP contribution >= 0.6 is 0 Å². The Morgan fingerprint density at radius 1 is 1.14 bits per heavy atom. The number of oxazole rings is 1. The van der Waals surface area contributed by atoms with Crippen molar-refractivity contribution in [1.29, 1.82) is 0 Å². The lowest BCUT2D eigenvalue weighted by Gasteiger charge is -2.05. The highest BCUT2D eigenvalue weighted by molar-refractivity contribution is 5.76. The SMILES string of the molecule is CCc1ccc(CCC(=O)NCCc2oc(C)nc2C)cc1. The maximum Gasteiger partial charge on any atom is 0.220 e. The van der Waals surface area contributed by atoms with Gasteiger partial charge in [0.15, 0.2) is 5.89 Å². The van der Waals surface area contributed by atoms with Crippen molar-refractivity contribution in [2.45, 2.75) is 46.5 Å². The Balaban J connectivity index is 1.70. The number of benzene rings is 1. The van der Waals surface area contributed by atoms with E-state index in [-0.39, 0.29) is 5.91 Å². The van der Waals surface area contributed by atoms with Gasteiger partial charge in [-0.3, -0.25) is 4.79 Å². The highest BCUT2D eigenvalue weighted by Gasteiger charge is 2.07. The number of amides is 1. The van der Waals surface area contributed by atoms with Gasteiger partial charge in [-0.1, -0.05) is 31.2 Å². The Bertz CT molecular complexity index is 615. The Morgan fingerprint density at radius 2 is 1.82 bits per heavy atom. The van der Waals surface area contributed by atoms with Crippen LogP contribution in [0.3, 0.4) is 0 Å². The molecule has 1 aromatic carbocycles. The summed E-state index contributed by atoms with van der Waals surface area (Å²) in [7, 11) is 0. The minimum Gasteiger partial charge on any atom is -0.446 e. The summed E-state index contributed by atoms with van der Waals surface area (Å²) in [6.45, 7) is 6.48. The first-order valence-electron chi connectivity index (χ1n) is 7.86. The first-order valence-corrected chi connectivity index (χ1v) is 7.86. The van der Waals surface area contributed by atoms with E-state index in [4.69, 9.17) is 4.42 Å². The van der Waals surface area contributed by atoms with Gasteiger partial charge in [0.1, 0.15) is 5.76 Å².